The number of amides is 3. The molecule has 1 N–H and O–H groups in total. The third-order valence-corrected chi connectivity index (χ3v) is 4.82. The Balaban J connectivity index is 2.07. The molecule has 0 bridgehead atoms. The van der Waals surface area contributed by atoms with Gasteiger partial charge >= 0.3 is 6.03 Å². The van der Waals surface area contributed by atoms with Crippen molar-refractivity contribution < 1.29 is 27.2 Å². The van der Waals surface area contributed by atoms with Gasteiger partial charge in [0.15, 0.2) is 23.3 Å². The first kappa shape index (κ1) is 20.4. The minimum Gasteiger partial charge on any atom is -0.322 e. The largest absolute Gasteiger partial charge is 0.324 e. The van der Waals surface area contributed by atoms with Gasteiger partial charge in [0, 0.05) is 31.5 Å². The Kier molecular flexibility index (Phi) is 5.32. The number of carbonyl (C=O) groups excluding carboxylic acids is 2. The van der Waals surface area contributed by atoms with Gasteiger partial charge in [0.25, 0.3) is 5.91 Å². The topological polar surface area (TPSA) is 52.7 Å². The predicted molar refractivity (Wildman–Crippen MR) is 97.7 cm³/mol. The Morgan fingerprint density at radius 2 is 1.52 bits per heavy atom. The molecule has 3 rings (SSSR count). The average Bonchev–Trinajstić information content (AvgIpc) is 2.68. The maximum atomic E-state index is 13.8. The van der Waals surface area contributed by atoms with Gasteiger partial charge in [-0.05, 0) is 36.8 Å². The number of allylic oxidation sites excluding steroid dienone is 1. The third-order valence-electron chi connectivity index (χ3n) is 4.82. The molecule has 5 nitrogen and oxygen atoms in total. The van der Waals surface area contributed by atoms with Crippen molar-refractivity contribution in [2.24, 2.45) is 0 Å². The predicted octanol–water partition coefficient (Wildman–Crippen LogP) is 4.19. The van der Waals surface area contributed by atoms with E-state index in [0.29, 0.717) is 0 Å². The Morgan fingerprint density at radius 3 is 2.10 bits per heavy atom. The highest BCUT2D eigenvalue weighted by atomic mass is 19.2. The average molecular weight is 407 g/mol. The van der Waals surface area contributed by atoms with Gasteiger partial charge in [-0.2, -0.15) is 0 Å². The van der Waals surface area contributed by atoms with Gasteiger partial charge in [-0.25, -0.2) is 22.4 Å². The number of likely N-dealkylation sites (N-methyl/N-ethyl adjacent to an activating group) is 1. The Morgan fingerprint density at radius 1 is 0.931 bits per heavy atom. The molecule has 0 radical (unpaired) electrons. The second-order valence-corrected chi connectivity index (χ2v) is 6.61. The Labute approximate surface area is 164 Å². The Bertz CT molecular complexity index is 1040. The minimum atomic E-state index is -1.14. The van der Waals surface area contributed by atoms with Crippen molar-refractivity contribution in [3.05, 3.63) is 76.5 Å². The van der Waals surface area contributed by atoms with Crippen molar-refractivity contribution >= 4 is 17.6 Å². The summed E-state index contributed by atoms with van der Waals surface area (Å²) in [5.74, 6) is -5.10. The van der Waals surface area contributed by atoms with E-state index in [1.54, 1.807) is 0 Å². The fourth-order valence-corrected chi connectivity index (χ4v) is 3.20. The second kappa shape index (κ2) is 7.57. The summed E-state index contributed by atoms with van der Waals surface area (Å²) in [5.41, 5.74) is 0.538. The van der Waals surface area contributed by atoms with Crippen LogP contribution in [0.25, 0.3) is 0 Å². The number of nitrogens with zero attached hydrogens (tertiary/aromatic N) is 2. The van der Waals surface area contributed by atoms with E-state index in [4.69, 9.17) is 0 Å². The van der Waals surface area contributed by atoms with Gasteiger partial charge in [-0.1, -0.05) is 6.07 Å². The molecule has 0 aromatic heterocycles. The third kappa shape index (κ3) is 3.67. The maximum absolute atomic E-state index is 13.8. The fourth-order valence-electron chi connectivity index (χ4n) is 3.20. The van der Waals surface area contributed by atoms with Crippen LogP contribution in [0.4, 0.5) is 28.0 Å². The van der Waals surface area contributed by atoms with E-state index >= 15 is 0 Å². The molecule has 29 heavy (non-hydrogen) atoms. The lowest BCUT2D eigenvalue weighted by atomic mass is 9.92. The van der Waals surface area contributed by atoms with Crippen LogP contribution in [0.2, 0.25) is 0 Å². The maximum Gasteiger partial charge on any atom is 0.324 e. The van der Waals surface area contributed by atoms with Gasteiger partial charge in [0.05, 0.1) is 11.6 Å². The molecule has 2 aromatic rings. The zero-order valence-corrected chi connectivity index (χ0v) is 15.8. The number of halogens is 4. The second-order valence-electron chi connectivity index (χ2n) is 6.61. The van der Waals surface area contributed by atoms with Crippen molar-refractivity contribution in [2.75, 3.05) is 19.4 Å². The summed E-state index contributed by atoms with van der Waals surface area (Å²) >= 11 is 0. The zero-order chi connectivity index (χ0) is 21.5. The first-order valence-electron chi connectivity index (χ1n) is 8.54. The highest BCUT2D eigenvalue weighted by molar-refractivity contribution is 6.06. The van der Waals surface area contributed by atoms with Crippen LogP contribution >= 0.6 is 0 Å². The van der Waals surface area contributed by atoms with E-state index in [0.717, 1.165) is 24.3 Å². The van der Waals surface area contributed by atoms with Gasteiger partial charge in [-0.15, -0.1) is 0 Å². The molecule has 1 aliphatic rings. The van der Waals surface area contributed by atoms with Gasteiger partial charge in [-0.3, -0.25) is 4.79 Å². The van der Waals surface area contributed by atoms with Gasteiger partial charge in [0.2, 0.25) is 0 Å². The molecule has 0 saturated carbocycles. The van der Waals surface area contributed by atoms with Crippen LogP contribution in [0.5, 0.6) is 0 Å². The lowest BCUT2D eigenvalue weighted by Gasteiger charge is -2.39. The van der Waals surface area contributed by atoms with Crippen molar-refractivity contribution in [2.45, 2.75) is 13.0 Å². The van der Waals surface area contributed by atoms with Crippen LogP contribution in [-0.2, 0) is 4.79 Å². The molecular formula is C20H17F4N3O2. The molecule has 0 aliphatic carbocycles. The number of hydrogen-bond acceptors (Lipinski definition) is 2. The minimum absolute atomic E-state index is 0.000410. The van der Waals surface area contributed by atoms with Crippen LogP contribution in [0.15, 0.2) is 47.7 Å². The number of hydrogen-bond donors (Lipinski definition) is 1. The van der Waals surface area contributed by atoms with Gasteiger partial charge < -0.3 is 15.1 Å². The summed E-state index contributed by atoms with van der Waals surface area (Å²) in [7, 11) is 2.88. The summed E-state index contributed by atoms with van der Waals surface area (Å²) in [5, 5.41) is 2.46. The number of benzene rings is 2. The smallest absolute Gasteiger partial charge is 0.322 e. The monoisotopic (exact) mass is 407 g/mol. The summed E-state index contributed by atoms with van der Waals surface area (Å²) < 4.78 is 53.8. The number of anilines is 1. The van der Waals surface area contributed by atoms with Crippen molar-refractivity contribution in [3.63, 3.8) is 0 Å². The standard InChI is InChI=1S/C20H17F4N3O2/c1-10-17(19(28)25-12-5-7-14(22)16(24)9-12)18(27(3)20(29)26(10)2)11-4-6-13(21)15(23)8-11/h4-9,18H,1-3H3,(H,25,28)/t18-/m1/s1. The van der Waals surface area contributed by atoms with Crippen LogP contribution in [0.1, 0.15) is 18.5 Å². The van der Waals surface area contributed by atoms with E-state index in [9.17, 15) is 27.2 Å². The molecule has 3 amide bonds. The van der Waals surface area contributed by atoms with Crippen molar-refractivity contribution in [1.29, 1.82) is 0 Å². The van der Waals surface area contributed by atoms with Crippen LogP contribution < -0.4 is 5.32 Å². The fraction of sp³-hybridized carbons (Fsp3) is 0.200. The molecule has 152 valence electrons. The van der Waals surface area contributed by atoms with E-state index in [-0.39, 0.29) is 22.5 Å². The summed E-state index contributed by atoms with van der Waals surface area (Å²) in [6, 6.07) is 4.48. The first-order chi connectivity index (χ1) is 13.6. The van der Waals surface area contributed by atoms with E-state index in [1.807, 2.05) is 0 Å². The van der Waals surface area contributed by atoms with E-state index in [2.05, 4.69) is 5.32 Å². The normalized spacial score (nSPS) is 17.1. The van der Waals surface area contributed by atoms with Crippen molar-refractivity contribution in [3.8, 4) is 0 Å². The molecule has 1 aliphatic heterocycles. The van der Waals surface area contributed by atoms with Crippen LogP contribution in [0, 0.1) is 23.3 Å². The van der Waals surface area contributed by atoms with Crippen LogP contribution in [0.3, 0.4) is 0 Å². The van der Waals surface area contributed by atoms with E-state index in [1.165, 1.54) is 43.0 Å². The summed E-state index contributed by atoms with van der Waals surface area (Å²) in [6.45, 7) is 1.53. The summed E-state index contributed by atoms with van der Waals surface area (Å²) in [6.07, 6.45) is 0. The molecule has 1 heterocycles. The highest BCUT2D eigenvalue weighted by Crippen LogP contribution is 2.36. The molecular weight excluding hydrogens is 390 g/mol. The molecule has 9 heteroatoms. The van der Waals surface area contributed by atoms with Gasteiger partial charge in [0.1, 0.15) is 0 Å². The number of carbonyl (C=O) groups is 2. The van der Waals surface area contributed by atoms with E-state index < -0.39 is 41.2 Å². The lowest BCUT2D eigenvalue weighted by Crippen LogP contribution is -2.47. The lowest BCUT2D eigenvalue weighted by molar-refractivity contribution is -0.113. The first-order valence-corrected chi connectivity index (χ1v) is 8.54. The SMILES string of the molecule is CC1=C(C(=O)Nc2ccc(F)c(F)c2)[C@@H](c2ccc(F)c(F)c2)N(C)C(=O)N1C. The zero-order valence-electron chi connectivity index (χ0n) is 15.8. The highest BCUT2D eigenvalue weighted by Gasteiger charge is 2.38. The quantitative estimate of drug-likeness (QED) is 0.776. The Hall–Kier alpha value is -3.36. The molecule has 2 aromatic carbocycles. The molecule has 0 unspecified atom stereocenters. The number of nitrogens with one attached hydrogen (secondary N) is 1. The van der Waals surface area contributed by atoms with Crippen molar-refractivity contribution in [1.82, 2.24) is 9.80 Å². The molecule has 0 spiro atoms. The number of rotatable bonds is 3. The summed E-state index contributed by atoms with van der Waals surface area (Å²) in [4.78, 5) is 27.9. The number of urea groups is 1. The molecule has 1 atom stereocenters. The molecule has 0 saturated heterocycles. The molecule has 0 fully saturated rings. The van der Waals surface area contributed by atoms with Crippen LogP contribution in [-0.4, -0.2) is 35.8 Å².